The van der Waals surface area contributed by atoms with Crippen molar-refractivity contribution in [3.63, 3.8) is 0 Å². The van der Waals surface area contributed by atoms with Gasteiger partial charge in [0.2, 0.25) is 0 Å². The number of hydrogen-bond donors (Lipinski definition) is 1. The Bertz CT molecular complexity index is 651. The first-order valence-corrected chi connectivity index (χ1v) is 11.2. The molecular weight excluding hydrogens is 475 g/mol. The molecule has 162 valence electrons. The number of halogens is 1. The molecule has 3 fully saturated rings. The van der Waals surface area contributed by atoms with Gasteiger partial charge in [-0.05, 0) is 56.8 Å². The van der Waals surface area contributed by atoms with E-state index in [-0.39, 0.29) is 24.0 Å². The Morgan fingerprint density at radius 3 is 2.52 bits per heavy atom. The Labute approximate surface area is 193 Å². The van der Waals surface area contributed by atoms with Crippen molar-refractivity contribution in [2.24, 2.45) is 10.4 Å². The SMILES string of the molecule is CCNC(=NCc1ccc(CN2CCCCC2)cc1)N1CCC2(CCOC2)C1.I. The maximum absolute atomic E-state index is 5.67. The van der Waals surface area contributed by atoms with E-state index in [1.54, 1.807) is 0 Å². The van der Waals surface area contributed by atoms with Gasteiger partial charge in [0.1, 0.15) is 0 Å². The molecule has 1 aromatic carbocycles. The van der Waals surface area contributed by atoms with E-state index in [4.69, 9.17) is 9.73 Å². The average Bonchev–Trinajstić information content (AvgIpc) is 3.37. The van der Waals surface area contributed by atoms with Gasteiger partial charge in [-0.3, -0.25) is 4.90 Å². The topological polar surface area (TPSA) is 40.1 Å². The van der Waals surface area contributed by atoms with Crippen molar-refractivity contribution in [2.75, 3.05) is 45.9 Å². The Morgan fingerprint density at radius 1 is 1.07 bits per heavy atom. The summed E-state index contributed by atoms with van der Waals surface area (Å²) in [4.78, 5) is 9.96. The molecule has 0 saturated carbocycles. The van der Waals surface area contributed by atoms with Crippen LogP contribution >= 0.6 is 24.0 Å². The fourth-order valence-corrected chi connectivity index (χ4v) is 4.81. The Hall–Kier alpha value is -0.860. The summed E-state index contributed by atoms with van der Waals surface area (Å²) < 4.78 is 5.67. The number of likely N-dealkylation sites (tertiary alicyclic amines) is 2. The highest BCUT2D eigenvalue weighted by Gasteiger charge is 2.42. The lowest BCUT2D eigenvalue weighted by atomic mass is 9.87. The van der Waals surface area contributed by atoms with Crippen LogP contribution in [0.2, 0.25) is 0 Å². The van der Waals surface area contributed by atoms with E-state index in [0.29, 0.717) is 5.41 Å². The second kappa shape index (κ2) is 11.0. The molecule has 29 heavy (non-hydrogen) atoms. The molecule has 0 bridgehead atoms. The first-order valence-electron chi connectivity index (χ1n) is 11.2. The van der Waals surface area contributed by atoms with E-state index >= 15 is 0 Å². The highest BCUT2D eigenvalue weighted by atomic mass is 127. The van der Waals surface area contributed by atoms with E-state index in [0.717, 1.165) is 51.9 Å². The molecule has 0 aliphatic carbocycles. The van der Waals surface area contributed by atoms with Crippen LogP contribution in [0, 0.1) is 5.41 Å². The number of hydrogen-bond acceptors (Lipinski definition) is 3. The molecule has 1 N–H and O–H groups in total. The largest absolute Gasteiger partial charge is 0.381 e. The lowest BCUT2D eigenvalue weighted by Crippen LogP contribution is -2.41. The third-order valence-electron chi connectivity index (χ3n) is 6.55. The summed E-state index contributed by atoms with van der Waals surface area (Å²) in [5.74, 6) is 1.06. The van der Waals surface area contributed by atoms with Crippen LogP contribution in [-0.4, -0.2) is 61.7 Å². The molecular formula is C23H37IN4O. The van der Waals surface area contributed by atoms with Gasteiger partial charge >= 0.3 is 0 Å². The molecule has 3 aliphatic rings. The minimum atomic E-state index is 0. The van der Waals surface area contributed by atoms with E-state index in [1.165, 1.54) is 56.3 Å². The minimum Gasteiger partial charge on any atom is -0.381 e. The predicted molar refractivity (Wildman–Crippen MR) is 130 cm³/mol. The second-order valence-electron chi connectivity index (χ2n) is 8.80. The van der Waals surface area contributed by atoms with E-state index in [2.05, 4.69) is 46.3 Å². The Morgan fingerprint density at radius 2 is 1.83 bits per heavy atom. The minimum absolute atomic E-state index is 0. The van der Waals surface area contributed by atoms with Gasteiger partial charge in [0.25, 0.3) is 0 Å². The van der Waals surface area contributed by atoms with Crippen molar-refractivity contribution in [2.45, 2.75) is 52.1 Å². The highest BCUT2D eigenvalue weighted by molar-refractivity contribution is 14.0. The molecule has 1 atom stereocenters. The van der Waals surface area contributed by atoms with E-state index < -0.39 is 0 Å². The second-order valence-corrected chi connectivity index (χ2v) is 8.80. The molecule has 4 rings (SSSR count). The number of nitrogens with zero attached hydrogens (tertiary/aromatic N) is 3. The van der Waals surface area contributed by atoms with Crippen LogP contribution in [0.3, 0.4) is 0 Å². The van der Waals surface area contributed by atoms with Gasteiger partial charge in [-0.15, -0.1) is 24.0 Å². The molecule has 3 aliphatic heterocycles. The van der Waals surface area contributed by atoms with Gasteiger partial charge in [-0.25, -0.2) is 4.99 Å². The average molecular weight is 512 g/mol. The first-order chi connectivity index (χ1) is 13.8. The summed E-state index contributed by atoms with van der Waals surface area (Å²) in [7, 11) is 0. The van der Waals surface area contributed by atoms with Gasteiger partial charge in [0.05, 0.1) is 13.2 Å². The monoisotopic (exact) mass is 512 g/mol. The van der Waals surface area contributed by atoms with Gasteiger partial charge in [-0.1, -0.05) is 30.7 Å². The lowest BCUT2D eigenvalue weighted by Gasteiger charge is -2.26. The van der Waals surface area contributed by atoms with Crippen LogP contribution in [0.4, 0.5) is 0 Å². The van der Waals surface area contributed by atoms with Crippen molar-refractivity contribution in [3.05, 3.63) is 35.4 Å². The maximum Gasteiger partial charge on any atom is 0.194 e. The third-order valence-corrected chi connectivity index (χ3v) is 6.55. The van der Waals surface area contributed by atoms with Crippen LogP contribution < -0.4 is 5.32 Å². The van der Waals surface area contributed by atoms with Crippen molar-refractivity contribution >= 4 is 29.9 Å². The normalized spacial score (nSPS) is 25.4. The van der Waals surface area contributed by atoms with Crippen molar-refractivity contribution in [1.29, 1.82) is 0 Å². The molecule has 0 amide bonds. The highest BCUT2D eigenvalue weighted by Crippen LogP contribution is 2.38. The van der Waals surface area contributed by atoms with Crippen LogP contribution in [0.1, 0.15) is 50.2 Å². The van der Waals surface area contributed by atoms with Gasteiger partial charge in [0, 0.05) is 38.2 Å². The zero-order valence-corrected chi connectivity index (χ0v) is 20.2. The fraction of sp³-hybridized carbons (Fsp3) is 0.696. The fourth-order valence-electron chi connectivity index (χ4n) is 4.81. The lowest BCUT2D eigenvalue weighted by molar-refractivity contribution is 0.156. The van der Waals surface area contributed by atoms with Gasteiger partial charge in [0.15, 0.2) is 5.96 Å². The quantitative estimate of drug-likeness (QED) is 0.370. The summed E-state index contributed by atoms with van der Waals surface area (Å²) in [5.41, 5.74) is 3.08. The standard InChI is InChI=1S/C23H36N4O.HI/c1-2-24-22(27-14-10-23(18-27)11-15-28-19-23)25-16-20-6-8-21(9-7-20)17-26-12-4-3-5-13-26;/h6-9H,2-5,10-19H2,1H3,(H,24,25);1H. The Balaban J connectivity index is 0.00000240. The number of benzene rings is 1. The molecule has 3 heterocycles. The van der Waals surface area contributed by atoms with Crippen LogP contribution in [0.5, 0.6) is 0 Å². The number of nitrogens with one attached hydrogen (secondary N) is 1. The Kier molecular flexibility index (Phi) is 8.62. The predicted octanol–water partition coefficient (Wildman–Crippen LogP) is 3.87. The maximum atomic E-state index is 5.67. The van der Waals surface area contributed by atoms with Crippen molar-refractivity contribution in [3.8, 4) is 0 Å². The smallest absolute Gasteiger partial charge is 0.194 e. The number of piperidine rings is 1. The number of ether oxygens (including phenoxy) is 1. The summed E-state index contributed by atoms with van der Waals surface area (Å²) in [6, 6.07) is 9.07. The molecule has 1 unspecified atom stereocenters. The summed E-state index contributed by atoms with van der Waals surface area (Å²) >= 11 is 0. The molecule has 3 saturated heterocycles. The zero-order chi connectivity index (χ0) is 19.2. The molecule has 0 aromatic heterocycles. The van der Waals surface area contributed by atoms with Gasteiger partial charge in [-0.2, -0.15) is 0 Å². The van der Waals surface area contributed by atoms with Crippen LogP contribution in [-0.2, 0) is 17.8 Å². The van der Waals surface area contributed by atoms with Crippen molar-refractivity contribution < 1.29 is 4.74 Å². The van der Waals surface area contributed by atoms with E-state index in [1.807, 2.05) is 0 Å². The number of rotatable bonds is 5. The molecule has 5 nitrogen and oxygen atoms in total. The first kappa shape index (κ1) is 22.8. The molecule has 1 spiro atoms. The number of guanidine groups is 1. The van der Waals surface area contributed by atoms with Crippen LogP contribution in [0.25, 0.3) is 0 Å². The van der Waals surface area contributed by atoms with Gasteiger partial charge < -0.3 is 15.0 Å². The number of aliphatic imine (C=N–C) groups is 1. The zero-order valence-electron chi connectivity index (χ0n) is 17.9. The summed E-state index contributed by atoms with van der Waals surface area (Å²) in [5, 5.41) is 3.50. The molecule has 1 aromatic rings. The summed E-state index contributed by atoms with van der Waals surface area (Å²) in [6.07, 6.45) is 6.52. The molecule has 0 radical (unpaired) electrons. The molecule has 6 heteroatoms. The van der Waals surface area contributed by atoms with Crippen molar-refractivity contribution in [1.82, 2.24) is 15.1 Å². The van der Waals surface area contributed by atoms with E-state index in [9.17, 15) is 0 Å². The summed E-state index contributed by atoms with van der Waals surface area (Å²) in [6.45, 7) is 11.4. The third kappa shape index (κ3) is 6.07. The van der Waals surface area contributed by atoms with Crippen LogP contribution in [0.15, 0.2) is 29.3 Å².